The predicted octanol–water partition coefficient (Wildman–Crippen LogP) is 3.78. The predicted molar refractivity (Wildman–Crippen MR) is 87.7 cm³/mol. The van der Waals surface area contributed by atoms with Gasteiger partial charge in [0, 0.05) is 29.2 Å². The van der Waals surface area contributed by atoms with Crippen molar-refractivity contribution < 1.29 is 4.79 Å². The Balaban J connectivity index is 2.05. The van der Waals surface area contributed by atoms with Crippen LogP contribution in [0, 0.1) is 6.92 Å². The van der Waals surface area contributed by atoms with Crippen molar-refractivity contribution in [1.29, 1.82) is 0 Å². The molecule has 0 saturated carbocycles. The lowest BCUT2D eigenvalue weighted by molar-refractivity contribution is 0.0844. The Morgan fingerprint density at radius 3 is 2.55 bits per heavy atom. The third-order valence-electron chi connectivity index (χ3n) is 4.14. The van der Waals surface area contributed by atoms with Crippen LogP contribution in [0.15, 0.2) is 24.3 Å². The Morgan fingerprint density at radius 1 is 1.25 bits per heavy atom. The van der Waals surface area contributed by atoms with E-state index in [1.165, 1.54) is 5.56 Å². The van der Waals surface area contributed by atoms with E-state index in [9.17, 15) is 4.79 Å². The van der Waals surface area contributed by atoms with Gasteiger partial charge < -0.3 is 0 Å². The van der Waals surface area contributed by atoms with Crippen molar-refractivity contribution in [2.24, 2.45) is 0 Å². The van der Waals surface area contributed by atoms with Crippen molar-refractivity contribution in [3.8, 4) is 0 Å². The number of thioether (sulfide) groups is 1. The van der Waals surface area contributed by atoms with Crippen molar-refractivity contribution >= 4 is 17.5 Å². The average Bonchev–Trinajstić information content (AvgIpc) is 2.59. The van der Waals surface area contributed by atoms with Crippen LogP contribution >= 0.6 is 11.8 Å². The van der Waals surface area contributed by atoms with E-state index in [-0.39, 0.29) is 11.8 Å². The zero-order valence-electron chi connectivity index (χ0n) is 13.0. The lowest BCUT2D eigenvalue weighted by Gasteiger charge is -2.27. The Kier molecular flexibility index (Phi) is 4.92. The lowest BCUT2D eigenvalue weighted by atomic mass is 10.0. The first-order valence-electron chi connectivity index (χ1n) is 7.38. The van der Waals surface area contributed by atoms with Crippen LogP contribution in [0.1, 0.15) is 43.1 Å². The molecular formula is C17H25NOS. The average molecular weight is 291 g/mol. The summed E-state index contributed by atoms with van der Waals surface area (Å²) in [5.41, 5.74) is 2.03. The molecule has 0 N–H and O–H groups in total. The van der Waals surface area contributed by atoms with E-state index < -0.39 is 0 Å². The first kappa shape index (κ1) is 15.6. The summed E-state index contributed by atoms with van der Waals surface area (Å²) in [4.78, 5) is 14.9. The fourth-order valence-corrected chi connectivity index (χ4v) is 3.66. The summed E-state index contributed by atoms with van der Waals surface area (Å²) in [6, 6.07) is 7.91. The van der Waals surface area contributed by atoms with Crippen LogP contribution in [0.5, 0.6) is 0 Å². The van der Waals surface area contributed by atoms with Gasteiger partial charge in [-0.15, -0.1) is 0 Å². The molecule has 0 bridgehead atoms. The van der Waals surface area contributed by atoms with Crippen LogP contribution in [-0.2, 0) is 0 Å². The van der Waals surface area contributed by atoms with E-state index in [0.717, 1.165) is 30.8 Å². The second kappa shape index (κ2) is 6.31. The van der Waals surface area contributed by atoms with Crippen LogP contribution in [-0.4, -0.2) is 40.3 Å². The van der Waals surface area contributed by atoms with Gasteiger partial charge in [-0.25, -0.2) is 0 Å². The number of hydrogen-bond donors (Lipinski definition) is 0. The highest BCUT2D eigenvalue weighted by Gasteiger charge is 2.28. The summed E-state index contributed by atoms with van der Waals surface area (Å²) in [7, 11) is 0. The summed E-state index contributed by atoms with van der Waals surface area (Å²) in [6.07, 6.45) is 1.14. The van der Waals surface area contributed by atoms with Gasteiger partial charge in [0.1, 0.15) is 0 Å². The van der Waals surface area contributed by atoms with Gasteiger partial charge in [0.2, 0.25) is 0 Å². The van der Waals surface area contributed by atoms with E-state index in [2.05, 4.69) is 18.7 Å². The normalized spacial score (nSPS) is 21.2. The smallest absolute Gasteiger partial charge is 0.179 e. The Bertz CT molecular complexity index is 466. The van der Waals surface area contributed by atoms with Gasteiger partial charge in [-0.05, 0) is 20.3 Å². The molecule has 110 valence electrons. The molecule has 1 saturated heterocycles. The number of aryl methyl sites for hydroxylation is 1. The van der Waals surface area contributed by atoms with Crippen LogP contribution in [0.4, 0.5) is 0 Å². The van der Waals surface area contributed by atoms with Crippen molar-refractivity contribution in [1.82, 2.24) is 4.90 Å². The summed E-state index contributed by atoms with van der Waals surface area (Å²) in [6.45, 7) is 10.7. The molecule has 1 aromatic rings. The third-order valence-corrected chi connectivity index (χ3v) is 5.51. The second-order valence-corrected chi connectivity index (χ2v) is 8.10. The van der Waals surface area contributed by atoms with Gasteiger partial charge in [0.25, 0.3) is 0 Å². The Hall–Kier alpha value is -0.800. The maximum atomic E-state index is 12.6. The fourth-order valence-electron chi connectivity index (χ4n) is 2.55. The van der Waals surface area contributed by atoms with Crippen LogP contribution in [0.25, 0.3) is 0 Å². The molecule has 1 aliphatic rings. The monoisotopic (exact) mass is 291 g/mol. The lowest BCUT2D eigenvalue weighted by Crippen LogP contribution is -2.40. The third kappa shape index (κ3) is 3.86. The minimum atomic E-state index is -0.0211. The van der Waals surface area contributed by atoms with E-state index >= 15 is 0 Å². The molecule has 2 nitrogen and oxygen atoms in total. The van der Waals surface area contributed by atoms with Gasteiger partial charge in [0.15, 0.2) is 5.78 Å². The number of benzene rings is 1. The number of carbonyl (C=O) groups excluding carboxylic acids is 1. The SMILES string of the molecule is Cc1ccc(C(=O)C(C)N2CCSC(C)(C)CC2)cc1. The molecule has 1 fully saturated rings. The number of Topliss-reactive ketones (excluding diaryl/α,β-unsaturated/α-hetero) is 1. The summed E-state index contributed by atoms with van der Waals surface area (Å²) < 4.78 is 0.335. The molecule has 0 aliphatic carbocycles. The van der Waals surface area contributed by atoms with Gasteiger partial charge in [-0.3, -0.25) is 9.69 Å². The minimum absolute atomic E-state index is 0.0211. The topological polar surface area (TPSA) is 20.3 Å². The van der Waals surface area contributed by atoms with Gasteiger partial charge in [-0.2, -0.15) is 11.8 Å². The molecule has 1 aliphatic heterocycles. The molecule has 1 unspecified atom stereocenters. The summed E-state index contributed by atoms with van der Waals surface area (Å²) >= 11 is 2.02. The first-order chi connectivity index (χ1) is 9.39. The molecule has 20 heavy (non-hydrogen) atoms. The van der Waals surface area contributed by atoms with Gasteiger partial charge in [0.05, 0.1) is 6.04 Å². The molecule has 0 spiro atoms. The number of rotatable bonds is 3. The number of hydrogen-bond acceptors (Lipinski definition) is 3. The van der Waals surface area contributed by atoms with Crippen molar-refractivity contribution in [3.05, 3.63) is 35.4 Å². The largest absolute Gasteiger partial charge is 0.293 e. The molecule has 1 heterocycles. The maximum Gasteiger partial charge on any atom is 0.179 e. The minimum Gasteiger partial charge on any atom is -0.293 e. The van der Waals surface area contributed by atoms with Crippen LogP contribution in [0.2, 0.25) is 0 Å². The second-order valence-electron chi connectivity index (χ2n) is 6.30. The van der Waals surface area contributed by atoms with Crippen molar-refractivity contribution in [2.75, 3.05) is 18.8 Å². The van der Waals surface area contributed by atoms with Crippen LogP contribution in [0.3, 0.4) is 0 Å². The molecule has 1 atom stereocenters. The van der Waals surface area contributed by atoms with Gasteiger partial charge >= 0.3 is 0 Å². The zero-order valence-corrected chi connectivity index (χ0v) is 13.8. The fraction of sp³-hybridized carbons (Fsp3) is 0.588. The standard InChI is InChI=1S/C17H25NOS/c1-13-5-7-15(8-6-13)16(19)14(2)18-10-9-17(3,4)20-12-11-18/h5-8,14H,9-12H2,1-4H3. The van der Waals surface area contributed by atoms with E-state index in [1.54, 1.807) is 0 Å². The molecule has 0 amide bonds. The van der Waals surface area contributed by atoms with Crippen LogP contribution < -0.4 is 0 Å². The molecule has 3 heteroatoms. The van der Waals surface area contributed by atoms with E-state index in [0.29, 0.717) is 4.75 Å². The molecule has 1 aromatic carbocycles. The molecule has 0 aromatic heterocycles. The summed E-state index contributed by atoms with van der Waals surface area (Å²) in [5.74, 6) is 1.35. The quantitative estimate of drug-likeness (QED) is 0.790. The number of ketones is 1. The Labute approximate surface area is 126 Å². The molecule has 2 rings (SSSR count). The highest BCUT2D eigenvalue weighted by molar-refractivity contribution is 8.00. The zero-order chi connectivity index (χ0) is 14.8. The molecule has 0 radical (unpaired) electrons. The maximum absolute atomic E-state index is 12.6. The van der Waals surface area contributed by atoms with Crippen molar-refractivity contribution in [2.45, 2.75) is 44.9 Å². The number of carbonyl (C=O) groups is 1. The highest BCUT2D eigenvalue weighted by Crippen LogP contribution is 2.31. The first-order valence-corrected chi connectivity index (χ1v) is 8.36. The summed E-state index contributed by atoms with van der Waals surface area (Å²) in [5, 5.41) is 0. The van der Waals surface area contributed by atoms with Gasteiger partial charge in [-0.1, -0.05) is 43.7 Å². The number of nitrogens with zero attached hydrogens (tertiary/aromatic N) is 1. The Morgan fingerprint density at radius 2 is 1.90 bits per heavy atom. The van der Waals surface area contributed by atoms with E-state index in [1.807, 2.05) is 49.9 Å². The highest BCUT2D eigenvalue weighted by atomic mass is 32.2. The van der Waals surface area contributed by atoms with E-state index in [4.69, 9.17) is 0 Å². The molecular weight excluding hydrogens is 266 g/mol. The van der Waals surface area contributed by atoms with Crippen molar-refractivity contribution in [3.63, 3.8) is 0 Å².